The SMILES string of the molecule is CCNC(=NCC1(c2cccc(Br)c2)CC1)NC1CCN(C(C)C)CC1. The molecular weight excluding hydrogens is 388 g/mol. The van der Waals surface area contributed by atoms with E-state index in [-0.39, 0.29) is 5.41 Å². The quantitative estimate of drug-likeness (QED) is 0.541. The minimum Gasteiger partial charge on any atom is -0.357 e. The van der Waals surface area contributed by atoms with Crippen molar-refractivity contribution in [3.8, 4) is 0 Å². The van der Waals surface area contributed by atoms with Crippen LogP contribution in [0.3, 0.4) is 0 Å². The summed E-state index contributed by atoms with van der Waals surface area (Å²) >= 11 is 3.60. The second kappa shape index (κ2) is 8.75. The molecule has 5 heteroatoms. The molecule has 1 aromatic carbocycles. The fraction of sp³-hybridized carbons (Fsp3) is 0.667. The number of benzene rings is 1. The van der Waals surface area contributed by atoms with Gasteiger partial charge in [-0.3, -0.25) is 4.99 Å². The Kier molecular flexibility index (Phi) is 6.62. The van der Waals surface area contributed by atoms with Gasteiger partial charge < -0.3 is 15.5 Å². The van der Waals surface area contributed by atoms with Crippen LogP contribution in [0.5, 0.6) is 0 Å². The Bertz CT molecular complexity index is 616. The Labute approximate surface area is 167 Å². The third kappa shape index (κ3) is 5.01. The predicted molar refractivity (Wildman–Crippen MR) is 114 cm³/mol. The number of aliphatic imine (C=N–C) groups is 1. The van der Waals surface area contributed by atoms with Crippen LogP contribution < -0.4 is 10.6 Å². The van der Waals surface area contributed by atoms with Crippen molar-refractivity contribution in [3.63, 3.8) is 0 Å². The summed E-state index contributed by atoms with van der Waals surface area (Å²) in [6.45, 7) is 10.8. The molecule has 2 aliphatic rings. The second-order valence-corrected chi connectivity index (χ2v) is 8.95. The lowest BCUT2D eigenvalue weighted by molar-refractivity contribution is 0.167. The van der Waals surface area contributed by atoms with Gasteiger partial charge in [-0.15, -0.1) is 0 Å². The van der Waals surface area contributed by atoms with Crippen LogP contribution >= 0.6 is 15.9 Å². The van der Waals surface area contributed by atoms with Crippen molar-refractivity contribution in [1.29, 1.82) is 0 Å². The van der Waals surface area contributed by atoms with Crippen molar-refractivity contribution >= 4 is 21.9 Å². The van der Waals surface area contributed by atoms with E-state index in [1.54, 1.807) is 0 Å². The number of nitrogens with one attached hydrogen (secondary N) is 2. The van der Waals surface area contributed by atoms with Gasteiger partial charge in [0.05, 0.1) is 6.54 Å². The molecule has 0 radical (unpaired) electrons. The number of hydrogen-bond acceptors (Lipinski definition) is 2. The molecule has 1 aliphatic carbocycles. The molecule has 144 valence electrons. The molecule has 0 aromatic heterocycles. The van der Waals surface area contributed by atoms with E-state index in [0.29, 0.717) is 12.1 Å². The molecule has 1 saturated carbocycles. The number of nitrogens with zero attached hydrogens (tertiary/aromatic N) is 2. The van der Waals surface area contributed by atoms with E-state index in [4.69, 9.17) is 4.99 Å². The average Bonchev–Trinajstić information content (AvgIpc) is 3.42. The Balaban J connectivity index is 1.59. The summed E-state index contributed by atoms with van der Waals surface area (Å²) in [7, 11) is 0. The molecular formula is C21H33BrN4. The van der Waals surface area contributed by atoms with Crippen molar-refractivity contribution in [2.45, 2.75) is 64.0 Å². The first kappa shape index (κ1) is 19.7. The van der Waals surface area contributed by atoms with Gasteiger partial charge in [0.1, 0.15) is 0 Å². The maximum atomic E-state index is 4.97. The lowest BCUT2D eigenvalue weighted by Crippen LogP contribution is -2.50. The van der Waals surface area contributed by atoms with Gasteiger partial charge in [-0.05, 0) is 64.2 Å². The van der Waals surface area contributed by atoms with Crippen LogP contribution in [0.2, 0.25) is 0 Å². The maximum Gasteiger partial charge on any atom is 0.191 e. The fourth-order valence-electron chi connectivity index (χ4n) is 3.81. The summed E-state index contributed by atoms with van der Waals surface area (Å²) in [4.78, 5) is 7.53. The van der Waals surface area contributed by atoms with Crippen LogP contribution in [0.15, 0.2) is 33.7 Å². The van der Waals surface area contributed by atoms with Crippen LogP contribution in [-0.2, 0) is 5.41 Å². The van der Waals surface area contributed by atoms with E-state index in [1.807, 2.05) is 0 Å². The highest BCUT2D eigenvalue weighted by molar-refractivity contribution is 9.10. The first-order valence-corrected chi connectivity index (χ1v) is 10.9. The lowest BCUT2D eigenvalue weighted by Gasteiger charge is -2.35. The van der Waals surface area contributed by atoms with Crippen LogP contribution in [0.25, 0.3) is 0 Å². The zero-order chi connectivity index (χ0) is 18.6. The van der Waals surface area contributed by atoms with Crippen molar-refractivity contribution in [1.82, 2.24) is 15.5 Å². The Morgan fingerprint density at radius 2 is 2.04 bits per heavy atom. The highest BCUT2D eigenvalue weighted by Crippen LogP contribution is 2.48. The van der Waals surface area contributed by atoms with Crippen molar-refractivity contribution in [2.75, 3.05) is 26.2 Å². The largest absolute Gasteiger partial charge is 0.357 e. The molecule has 0 amide bonds. The zero-order valence-electron chi connectivity index (χ0n) is 16.4. The first-order valence-electron chi connectivity index (χ1n) is 10.1. The van der Waals surface area contributed by atoms with Gasteiger partial charge in [0.2, 0.25) is 0 Å². The number of guanidine groups is 1. The summed E-state index contributed by atoms with van der Waals surface area (Å²) in [6, 6.07) is 9.91. The van der Waals surface area contributed by atoms with Gasteiger partial charge in [-0.1, -0.05) is 28.1 Å². The summed E-state index contributed by atoms with van der Waals surface area (Å²) in [6.07, 6.45) is 4.86. The zero-order valence-corrected chi connectivity index (χ0v) is 18.0. The maximum absolute atomic E-state index is 4.97. The number of likely N-dealkylation sites (tertiary alicyclic amines) is 1. The molecule has 1 saturated heterocycles. The number of halogens is 1. The highest BCUT2D eigenvalue weighted by atomic mass is 79.9. The van der Waals surface area contributed by atoms with Crippen molar-refractivity contribution in [2.24, 2.45) is 4.99 Å². The van der Waals surface area contributed by atoms with Crippen molar-refractivity contribution < 1.29 is 0 Å². The molecule has 1 aliphatic heterocycles. The summed E-state index contributed by atoms with van der Waals surface area (Å²) in [5, 5.41) is 7.13. The fourth-order valence-corrected chi connectivity index (χ4v) is 4.21. The van der Waals surface area contributed by atoms with E-state index in [2.05, 4.69) is 76.5 Å². The minimum atomic E-state index is 0.243. The molecule has 1 heterocycles. The van der Waals surface area contributed by atoms with Gasteiger partial charge in [-0.2, -0.15) is 0 Å². The Morgan fingerprint density at radius 3 is 2.62 bits per heavy atom. The van der Waals surface area contributed by atoms with Crippen LogP contribution in [0, 0.1) is 0 Å². The standard InChI is InChI=1S/C21H33BrN4/c1-4-23-20(25-19-8-12-26(13-9-19)16(2)3)24-15-21(10-11-21)17-6-5-7-18(22)14-17/h5-7,14,16,19H,4,8-13,15H2,1-3H3,(H2,23,24,25). The topological polar surface area (TPSA) is 39.7 Å². The lowest BCUT2D eigenvalue weighted by atomic mass is 9.96. The molecule has 4 nitrogen and oxygen atoms in total. The molecule has 26 heavy (non-hydrogen) atoms. The van der Waals surface area contributed by atoms with Crippen LogP contribution in [0.4, 0.5) is 0 Å². The smallest absolute Gasteiger partial charge is 0.191 e. The number of piperidine rings is 1. The second-order valence-electron chi connectivity index (χ2n) is 8.03. The van der Waals surface area contributed by atoms with Crippen LogP contribution in [0.1, 0.15) is 52.0 Å². The van der Waals surface area contributed by atoms with E-state index < -0.39 is 0 Å². The average molecular weight is 421 g/mol. The van der Waals surface area contributed by atoms with Gasteiger partial charge in [0.25, 0.3) is 0 Å². The molecule has 0 unspecified atom stereocenters. The molecule has 0 spiro atoms. The summed E-state index contributed by atoms with van der Waals surface area (Å²) in [5.74, 6) is 0.983. The molecule has 0 bridgehead atoms. The third-order valence-electron chi connectivity index (χ3n) is 5.78. The van der Waals surface area contributed by atoms with E-state index >= 15 is 0 Å². The monoisotopic (exact) mass is 420 g/mol. The minimum absolute atomic E-state index is 0.243. The number of hydrogen-bond donors (Lipinski definition) is 2. The normalized spacial score (nSPS) is 21.0. The van der Waals surface area contributed by atoms with Gasteiger partial charge in [-0.25, -0.2) is 0 Å². The van der Waals surface area contributed by atoms with Crippen LogP contribution in [-0.4, -0.2) is 49.1 Å². The molecule has 1 aromatic rings. The molecule has 0 atom stereocenters. The highest BCUT2D eigenvalue weighted by Gasteiger charge is 2.44. The predicted octanol–water partition coefficient (Wildman–Crippen LogP) is 3.91. The molecule has 3 rings (SSSR count). The molecule has 2 N–H and O–H groups in total. The van der Waals surface area contributed by atoms with Gasteiger partial charge >= 0.3 is 0 Å². The summed E-state index contributed by atoms with van der Waals surface area (Å²) < 4.78 is 1.16. The van der Waals surface area contributed by atoms with E-state index in [1.165, 1.54) is 44.3 Å². The van der Waals surface area contributed by atoms with Crippen molar-refractivity contribution in [3.05, 3.63) is 34.3 Å². The summed E-state index contributed by atoms with van der Waals surface area (Å²) in [5.41, 5.74) is 1.66. The molecule has 2 fully saturated rings. The number of rotatable bonds is 6. The Hall–Kier alpha value is -1.07. The Morgan fingerprint density at radius 1 is 1.31 bits per heavy atom. The third-order valence-corrected chi connectivity index (χ3v) is 6.27. The van der Waals surface area contributed by atoms with E-state index in [9.17, 15) is 0 Å². The van der Waals surface area contributed by atoms with Gasteiger partial charge in [0.15, 0.2) is 5.96 Å². The van der Waals surface area contributed by atoms with Gasteiger partial charge in [0, 0.05) is 41.6 Å². The van der Waals surface area contributed by atoms with E-state index in [0.717, 1.165) is 23.5 Å². The first-order chi connectivity index (χ1) is 12.5.